The second-order valence-electron chi connectivity index (χ2n) is 5.89. The molecule has 9 heteroatoms. The summed E-state index contributed by atoms with van der Waals surface area (Å²) in [5, 5.41) is 15.2. The Hall–Kier alpha value is -2.58. The molecule has 150 valence electrons. The molecule has 0 radical (unpaired) electrons. The molecular weight excluding hydrogens is 435 g/mol. The summed E-state index contributed by atoms with van der Waals surface area (Å²) in [4.78, 5) is 12.4. The molecule has 3 rings (SSSR count). The van der Waals surface area contributed by atoms with Crippen LogP contribution in [0.4, 0.5) is 5.69 Å². The predicted molar refractivity (Wildman–Crippen MR) is 117 cm³/mol. The lowest BCUT2D eigenvalue weighted by Crippen LogP contribution is -2.34. The minimum absolute atomic E-state index is 0.103. The highest BCUT2D eigenvalue weighted by molar-refractivity contribution is 7.80. The third kappa shape index (κ3) is 5.07. The Bertz CT molecular complexity index is 1050. The number of aliphatic hydroxyl groups excluding tert-OH is 1. The van der Waals surface area contributed by atoms with E-state index in [0.717, 1.165) is 5.56 Å². The van der Waals surface area contributed by atoms with Crippen LogP contribution in [0.2, 0.25) is 10.0 Å². The van der Waals surface area contributed by atoms with Gasteiger partial charge in [-0.25, -0.2) is 0 Å². The molecule has 2 aromatic carbocycles. The van der Waals surface area contributed by atoms with E-state index < -0.39 is 5.91 Å². The maximum Gasteiger partial charge on any atom is 0.257 e. The summed E-state index contributed by atoms with van der Waals surface area (Å²) in [5.74, 6) is 0.904. The molecule has 0 aliphatic heterocycles. The van der Waals surface area contributed by atoms with Gasteiger partial charge in [-0.05, 0) is 48.6 Å². The number of ether oxygens (including phenoxy) is 1. The van der Waals surface area contributed by atoms with E-state index in [1.807, 2.05) is 12.1 Å². The molecule has 6 nitrogen and oxygen atoms in total. The quantitative estimate of drug-likeness (QED) is 0.480. The molecule has 1 amide bonds. The number of halogens is 2. The first-order chi connectivity index (χ1) is 13.9. The molecule has 0 spiro atoms. The molecule has 3 aromatic rings. The summed E-state index contributed by atoms with van der Waals surface area (Å²) in [6.07, 6.45) is 0. The van der Waals surface area contributed by atoms with E-state index in [1.54, 1.807) is 24.3 Å². The van der Waals surface area contributed by atoms with Crippen LogP contribution in [0.1, 0.15) is 16.1 Å². The van der Waals surface area contributed by atoms with Crippen LogP contribution < -0.4 is 15.4 Å². The van der Waals surface area contributed by atoms with Gasteiger partial charge in [0.15, 0.2) is 10.9 Å². The lowest BCUT2D eigenvalue weighted by atomic mass is 10.1. The zero-order valence-corrected chi connectivity index (χ0v) is 17.5. The first-order valence-corrected chi connectivity index (χ1v) is 9.53. The van der Waals surface area contributed by atoms with Gasteiger partial charge in [0.05, 0.1) is 17.2 Å². The number of aliphatic hydroxyl groups is 1. The van der Waals surface area contributed by atoms with Crippen molar-refractivity contribution < 1.29 is 19.1 Å². The average molecular weight is 451 g/mol. The fraction of sp³-hybridized carbons (Fsp3) is 0.100. The second-order valence-corrected chi connectivity index (χ2v) is 7.11. The van der Waals surface area contributed by atoms with Crippen LogP contribution in [0.5, 0.6) is 5.75 Å². The Morgan fingerprint density at radius 2 is 1.90 bits per heavy atom. The zero-order chi connectivity index (χ0) is 21.0. The highest BCUT2D eigenvalue weighted by Crippen LogP contribution is 2.33. The number of amides is 1. The highest BCUT2D eigenvalue weighted by atomic mass is 35.5. The van der Waals surface area contributed by atoms with E-state index >= 15 is 0 Å². The Morgan fingerprint density at radius 1 is 1.17 bits per heavy atom. The number of carbonyl (C=O) groups excluding carboxylic acids is 1. The summed E-state index contributed by atoms with van der Waals surface area (Å²) in [6.45, 7) is -0.173. The Morgan fingerprint density at radius 3 is 2.52 bits per heavy atom. The van der Waals surface area contributed by atoms with Crippen molar-refractivity contribution in [3.8, 4) is 17.1 Å². The van der Waals surface area contributed by atoms with Gasteiger partial charge in [0.2, 0.25) is 0 Å². The Kier molecular flexibility index (Phi) is 6.76. The van der Waals surface area contributed by atoms with E-state index in [-0.39, 0.29) is 27.3 Å². The van der Waals surface area contributed by atoms with Crippen LogP contribution in [0.15, 0.2) is 52.9 Å². The number of methoxy groups -OCH3 is 1. The molecule has 1 heterocycles. The summed E-state index contributed by atoms with van der Waals surface area (Å²) in [6, 6.07) is 13.6. The maximum absolute atomic E-state index is 12.4. The fourth-order valence-corrected chi connectivity index (χ4v) is 3.44. The van der Waals surface area contributed by atoms with Gasteiger partial charge in [0.25, 0.3) is 5.91 Å². The third-order valence-corrected chi connectivity index (χ3v) is 4.68. The van der Waals surface area contributed by atoms with E-state index in [0.29, 0.717) is 23.0 Å². The van der Waals surface area contributed by atoms with Crippen molar-refractivity contribution in [1.29, 1.82) is 0 Å². The van der Waals surface area contributed by atoms with Gasteiger partial charge in [-0.2, -0.15) is 0 Å². The van der Waals surface area contributed by atoms with Gasteiger partial charge in [0.1, 0.15) is 18.1 Å². The standard InChI is InChI=1S/C20H16Cl2N2O4S/c1-27-18-15(21)8-12(9-16(18)22)19(26)24-20(29)23-13-4-2-3-11(7-13)17-6-5-14(10-25)28-17/h2-9,25H,10H2,1H3,(H2,23,24,26,29). The summed E-state index contributed by atoms with van der Waals surface area (Å²) in [5.41, 5.74) is 1.68. The molecule has 0 fully saturated rings. The number of rotatable bonds is 5. The monoisotopic (exact) mass is 450 g/mol. The van der Waals surface area contributed by atoms with Gasteiger partial charge in [0, 0.05) is 16.8 Å². The smallest absolute Gasteiger partial charge is 0.257 e. The molecule has 29 heavy (non-hydrogen) atoms. The number of furan rings is 1. The molecular formula is C20H16Cl2N2O4S. The maximum atomic E-state index is 12.4. The molecule has 0 aliphatic rings. The minimum atomic E-state index is -0.469. The second kappa shape index (κ2) is 9.28. The molecule has 1 aromatic heterocycles. The predicted octanol–water partition coefficient (Wildman–Crippen LogP) is 4.88. The Labute approximate surface area is 182 Å². The first kappa shape index (κ1) is 21.1. The first-order valence-electron chi connectivity index (χ1n) is 8.36. The van der Waals surface area contributed by atoms with Crippen molar-refractivity contribution in [3.63, 3.8) is 0 Å². The van der Waals surface area contributed by atoms with Crippen LogP contribution in [-0.4, -0.2) is 23.2 Å². The van der Waals surface area contributed by atoms with E-state index in [1.165, 1.54) is 19.2 Å². The van der Waals surface area contributed by atoms with Crippen LogP contribution in [0, 0.1) is 0 Å². The number of hydrogen-bond acceptors (Lipinski definition) is 5. The minimum Gasteiger partial charge on any atom is -0.494 e. The van der Waals surface area contributed by atoms with Gasteiger partial charge >= 0.3 is 0 Å². The fourth-order valence-electron chi connectivity index (χ4n) is 2.59. The SMILES string of the molecule is COc1c(Cl)cc(C(=O)NC(=S)Nc2cccc(-c3ccc(CO)o3)c2)cc1Cl. The zero-order valence-electron chi connectivity index (χ0n) is 15.2. The highest BCUT2D eigenvalue weighted by Gasteiger charge is 2.15. The summed E-state index contributed by atoms with van der Waals surface area (Å²) < 4.78 is 10.6. The van der Waals surface area contributed by atoms with Gasteiger partial charge in [-0.15, -0.1) is 0 Å². The van der Waals surface area contributed by atoms with Crippen molar-refractivity contribution in [2.24, 2.45) is 0 Å². The topological polar surface area (TPSA) is 83.7 Å². The van der Waals surface area contributed by atoms with Crippen molar-refractivity contribution in [3.05, 3.63) is 69.9 Å². The Balaban J connectivity index is 1.69. The molecule has 0 saturated heterocycles. The van der Waals surface area contributed by atoms with Gasteiger partial charge < -0.3 is 19.6 Å². The van der Waals surface area contributed by atoms with Gasteiger partial charge in [-0.3, -0.25) is 10.1 Å². The van der Waals surface area contributed by atoms with Crippen LogP contribution in [-0.2, 0) is 6.61 Å². The van der Waals surface area contributed by atoms with Crippen molar-refractivity contribution in [1.82, 2.24) is 5.32 Å². The number of benzene rings is 2. The van der Waals surface area contributed by atoms with Crippen molar-refractivity contribution >= 4 is 52.1 Å². The normalized spacial score (nSPS) is 10.5. The molecule has 0 unspecified atom stereocenters. The van der Waals surface area contributed by atoms with Crippen LogP contribution >= 0.6 is 35.4 Å². The van der Waals surface area contributed by atoms with Crippen LogP contribution in [0.25, 0.3) is 11.3 Å². The lowest BCUT2D eigenvalue weighted by Gasteiger charge is -2.12. The summed E-state index contributed by atoms with van der Waals surface area (Å²) >= 11 is 17.4. The molecule has 3 N–H and O–H groups in total. The molecule has 0 atom stereocenters. The number of hydrogen-bond donors (Lipinski definition) is 3. The van der Waals surface area contributed by atoms with Crippen molar-refractivity contribution in [2.45, 2.75) is 6.61 Å². The number of carbonyl (C=O) groups is 1. The van der Waals surface area contributed by atoms with E-state index in [2.05, 4.69) is 10.6 Å². The largest absolute Gasteiger partial charge is 0.494 e. The number of nitrogens with one attached hydrogen (secondary N) is 2. The molecule has 0 aliphatic carbocycles. The van der Waals surface area contributed by atoms with Crippen molar-refractivity contribution in [2.75, 3.05) is 12.4 Å². The summed E-state index contributed by atoms with van der Waals surface area (Å²) in [7, 11) is 1.44. The number of anilines is 1. The molecule has 0 saturated carbocycles. The molecule has 0 bridgehead atoms. The van der Waals surface area contributed by atoms with E-state index in [9.17, 15) is 4.79 Å². The van der Waals surface area contributed by atoms with E-state index in [4.69, 9.17) is 49.7 Å². The van der Waals surface area contributed by atoms with Gasteiger partial charge in [-0.1, -0.05) is 35.3 Å². The number of thiocarbonyl (C=S) groups is 1. The lowest BCUT2D eigenvalue weighted by molar-refractivity contribution is 0.0977. The third-order valence-electron chi connectivity index (χ3n) is 3.91. The average Bonchev–Trinajstić information content (AvgIpc) is 3.17. The van der Waals surface area contributed by atoms with Crippen LogP contribution in [0.3, 0.4) is 0 Å².